The summed E-state index contributed by atoms with van der Waals surface area (Å²) in [5.41, 5.74) is 0.610. The van der Waals surface area contributed by atoms with E-state index in [1.54, 1.807) is 6.92 Å². The molecule has 3 heteroatoms. The third-order valence-corrected chi connectivity index (χ3v) is 1.83. The summed E-state index contributed by atoms with van der Waals surface area (Å²) in [6.07, 6.45) is 0. The summed E-state index contributed by atoms with van der Waals surface area (Å²) >= 11 is 0. The molecule has 14 heavy (non-hydrogen) atoms. The van der Waals surface area contributed by atoms with E-state index in [1.165, 1.54) is 19.2 Å². The zero-order valence-corrected chi connectivity index (χ0v) is 8.13. The van der Waals surface area contributed by atoms with Crippen molar-refractivity contribution in [1.82, 2.24) is 0 Å². The summed E-state index contributed by atoms with van der Waals surface area (Å²) < 4.78 is 17.8. The van der Waals surface area contributed by atoms with Gasteiger partial charge < -0.3 is 4.74 Å². The monoisotopic (exact) mass is 194 g/mol. The maximum absolute atomic E-state index is 13.0. The third kappa shape index (κ3) is 1.99. The number of halogens is 1. The van der Waals surface area contributed by atoms with E-state index in [1.807, 2.05) is 0 Å². The molecule has 0 spiro atoms. The van der Waals surface area contributed by atoms with E-state index in [-0.39, 0.29) is 11.2 Å². The maximum Gasteiger partial charge on any atom is 0.227 e. The van der Waals surface area contributed by atoms with Gasteiger partial charge in [-0.15, -0.1) is 0 Å². The van der Waals surface area contributed by atoms with Gasteiger partial charge in [-0.05, 0) is 24.6 Å². The van der Waals surface area contributed by atoms with Gasteiger partial charge in [-0.2, -0.15) is 0 Å². The van der Waals surface area contributed by atoms with Crippen LogP contribution in [0.25, 0.3) is 5.57 Å². The summed E-state index contributed by atoms with van der Waals surface area (Å²) in [4.78, 5) is 11.6. The van der Waals surface area contributed by atoms with Crippen molar-refractivity contribution >= 4 is 5.57 Å². The fraction of sp³-hybridized carbons (Fsp3) is 0.182. The molecule has 0 saturated heterocycles. The molecule has 0 radical (unpaired) electrons. The highest BCUT2D eigenvalue weighted by Crippen LogP contribution is 2.11. The lowest BCUT2D eigenvalue weighted by atomic mass is 10.1. The van der Waals surface area contributed by atoms with Crippen LogP contribution in [0.15, 0.2) is 29.6 Å². The Bertz CT molecular complexity index is 424. The second kappa shape index (κ2) is 4.05. The molecule has 0 aromatic heterocycles. The minimum atomic E-state index is -0.508. The van der Waals surface area contributed by atoms with Crippen molar-refractivity contribution < 1.29 is 9.13 Å². The minimum Gasteiger partial charge on any atom is -0.493 e. The van der Waals surface area contributed by atoms with Crippen molar-refractivity contribution in [3.8, 4) is 5.75 Å². The largest absolute Gasteiger partial charge is 0.493 e. The Hall–Kier alpha value is -1.64. The fourth-order valence-corrected chi connectivity index (χ4v) is 1.10. The van der Waals surface area contributed by atoms with Crippen LogP contribution in [0.3, 0.4) is 0 Å². The summed E-state index contributed by atoms with van der Waals surface area (Å²) in [7, 11) is 1.33. The third-order valence-electron chi connectivity index (χ3n) is 1.83. The normalized spacial score (nSPS) is 9.64. The van der Waals surface area contributed by atoms with Crippen molar-refractivity contribution in [1.29, 1.82) is 0 Å². The quantitative estimate of drug-likeness (QED) is 0.721. The second-order valence-electron chi connectivity index (χ2n) is 2.95. The minimum absolute atomic E-state index is 0.00880. The number of methoxy groups -OCH3 is 1. The number of allylic oxidation sites excluding steroid dienone is 1. The highest BCUT2D eigenvalue weighted by molar-refractivity contribution is 5.61. The topological polar surface area (TPSA) is 26.3 Å². The molecule has 0 aliphatic carbocycles. The maximum atomic E-state index is 13.0. The molecule has 74 valence electrons. The van der Waals surface area contributed by atoms with Gasteiger partial charge in [0.15, 0.2) is 5.75 Å². The predicted octanol–water partition coefficient (Wildman–Crippen LogP) is 2.23. The Labute approximate surface area is 81.7 Å². The van der Waals surface area contributed by atoms with Crippen LogP contribution in [0, 0.1) is 5.82 Å². The Kier molecular flexibility index (Phi) is 3.02. The molecule has 0 aliphatic rings. The first-order valence-electron chi connectivity index (χ1n) is 4.10. The van der Waals surface area contributed by atoms with E-state index in [0.29, 0.717) is 11.1 Å². The molecule has 0 saturated carbocycles. The van der Waals surface area contributed by atoms with Gasteiger partial charge in [-0.1, -0.05) is 6.58 Å². The van der Waals surface area contributed by atoms with Gasteiger partial charge in [-0.3, -0.25) is 4.79 Å². The van der Waals surface area contributed by atoms with Gasteiger partial charge in [0.2, 0.25) is 5.43 Å². The zero-order valence-electron chi connectivity index (χ0n) is 8.13. The van der Waals surface area contributed by atoms with E-state index >= 15 is 0 Å². The van der Waals surface area contributed by atoms with Crippen molar-refractivity contribution in [2.24, 2.45) is 0 Å². The SMILES string of the molecule is C=C(C)c1ccc(F)cc(OC)c1=O. The molecule has 0 aliphatic heterocycles. The molecule has 0 bridgehead atoms. The van der Waals surface area contributed by atoms with Gasteiger partial charge in [0.05, 0.1) is 7.11 Å². The molecule has 0 unspecified atom stereocenters. The lowest BCUT2D eigenvalue weighted by Crippen LogP contribution is -2.06. The van der Waals surface area contributed by atoms with Gasteiger partial charge in [0.25, 0.3) is 0 Å². The lowest BCUT2D eigenvalue weighted by molar-refractivity contribution is 0.408. The molecular weight excluding hydrogens is 183 g/mol. The second-order valence-corrected chi connectivity index (χ2v) is 2.95. The van der Waals surface area contributed by atoms with E-state index in [9.17, 15) is 9.18 Å². The average molecular weight is 194 g/mol. The number of ether oxygens (including phenoxy) is 1. The van der Waals surface area contributed by atoms with E-state index < -0.39 is 5.82 Å². The Balaban J connectivity index is 3.57. The van der Waals surface area contributed by atoms with E-state index in [2.05, 4.69) is 6.58 Å². The van der Waals surface area contributed by atoms with Gasteiger partial charge >= 0.3 is 0 Å². The van der Waals surface area contributed by atoms with Gasteiger partial charge in [-0.25, -0.2) is 4.39 Å². The molecule has 0 amide bonds. The first-order chi connectivity index (χ1) is 6.56. The lowest BCUT2D eigenvalue weighted by Gasteiger charge is -1.96. The van der Waals surface area contributed by atoms with Gasteiger partial charge in [0, 0.05) is 11.6 Å². The Morgan fingerprint density at radius 3 is 2.64 bits per heavy atom. The van der Waals surface area contributed by atoms with Crippen LogP contribution in [0.4, 0.5) is 4.39 Å². The summed E-state index contributed by atoms with van der Waals surface area (Å²) in [5.74, 6) is -0.517. The van der Waals surface area contributed by atoms with Crippen molar-refractivity contribution in [2.45, 2.75) is 6.92 Å². The van der Waals surface area contributed by atoms with E-state index in [0.717, 1.165) is 6.07 Å². The van der Waals surface area contributed by atoms with Crippen molar-refractivity contribution in [2.75, 3.05) is 7.11 Å². The van der Waals surface area contributed by atoms with Crippen molar-refractivity contribution in [3.63, 3.8) is 0 Å². The summed E-state index contributed by atoms with van der Waals surface area (Å²) in [5, 5.41) is 0. The standard InChI is InChI=1S/C11H11FO2/c1-7(2)9-5-4-8(12)6-10(14-3)11(9)13/h4-6H,1H2,2-3H3. The van der Waals surface area contributed by atoms with Crippen LogP contribution in [0.2, 0.25) is 0 Å². The molecule has 1 aromatic rings. The molecule has 1 rings (SSSR count). The van der Waals surface area contributed by atoms with Crippen LogP contribution < -0.4 is 10.2 Å². The molecule has 0 atom stereocenters. The van der Waals surface area contributed by atoms with Crippen LogP contribution >= 0.6 is 0 Å². The number of hydrogen-bond donors (Lipinski definition) is 0. The highest BCUT2D eigenvalue weighted by Gasteiger charge is 2.05. The van der Waals surface area contributed by atoms with E-state index in [4.69, 9.17) is 4.74 Å². The summed E-state index contributed by atoms with van der Waals surface area (Å²) in [6.45, 7) is 5.33. The predicted molar refractivity (Wildman–Crippen MR) is 53.9 cm³/mol. The first kappa shape index (κ1) is 10.4. The van der Waals surface area contributed by atoms with Crippen LogP contribution in [-0.4, -0.2) is 7.11 Å². The Morgan fingerprint density at radius 2 is 2.14 bits per heavy atom. The highest BCUT2D eigenvalue weighted by atomic mass is 19.1. The van der Waals surface area contributed by atoms with Crippen LogP contribution in [-0.2, 0) is 0 Å². The molecule has 1 aromatic carbocycles. The number of rotatable bonds is 2. The molecule has 0 fully saturated rings. The Morgan fingerprint density at radius 1 is 1.50 bits per heavy atom. The molecule has 0 N–H and O–H groups in total. The smallest absolute Gasteiger partial charge is 0.227 e. The molecular formula is C11H11FO2. The fourth-order valence-electron chi connectivity index (χ4n) is 1.10. The zero-order chi connectivity index (χ0) is 10.7. The van der Waals surface area contributed by atoms with Crippen LogP contribution in [0.1, 0.15) is 12.5 Å². The summed E-state index contributed by atoms with van der Waals surface area (Å²) in [6, 6.07) is 3.69. The molecule has 2 nitrogen and oxygen atoms in total. The molecule has 0 heterocycles. The first-order valence-corrected chi connectivity index (χ1v) is 4.10. The van der Waals surface area contributed by atoms with Crippen LogP contribution in [0.5, 0.6) is 5.75 Å². The average Bonchev–Trinajstić information content (AvgIpc) is 2.26. The van der Waals surface area contributed by atoms with Crippen molar-refractivity contribution in [3.05, 3.63) is 46.4 Å². The number of hydrogen-bond acceptors (Lipinski definition) is 2. The van der Waals surface area contributed by atoms with Gasteiger partial charge in [0.1, 0.15) is 5.82 Å².